The zero-order valence-corrected chi connectivity index (χ0v) is 14.4. The Morgan fingerprint density at radius 2 is 1.54 bits per heavy atom. The van der Waals surface area contributed by atoms with Crippen LogP contribution in [0.4, 0.5) is 14.5 Å². The smallest absolute Gasteiger partial charge is 0.341 e. The lowest BCUT2D eigenvalue weighted by molar-refractivity contribution is 0.0526. The van der Waals surface area contributed by atoms with Crippen LogP contribution in [0, 0.1) is 0 Å². The first-order valence-corrected chi connectivity index (χ1v) is 9.01. The van der Waals surface area contributed by atoms with E-state index < -0.39 is 32.4 Å². The third-order valence-electron chi connectivity index (χ3n) is 3.33. The minimum atomic E-state index is -4.70. The molecule has 0 aliphatic carbocycles. The number of ether oxygens (including phenoxy) is 1. The zero-order chi connectivity index (χ0) is 19.3. The van der Waals surface area contributed by atoms with E-state index in [0.29, 0.717) is 11.3 Å². The highest BCUT2D eigenvalue weighted by molar-refractivity contribution is 7.91. The molecule has 0 unspecified atom stereocenters. The first-order chi connectivity index (χ1) is 12.3. The number of halogens is 2. The SMILES string of the molecule is CCOC(=O)c1ccc(NC(=O)c2ccc(S(=O)(=O)C(F)F)cc2)cc1. The standard InChI is InChI=1S/C17H15F2NO5S/c1-2-25-16(22)12-3-7-13(8-4-12)20-15(21)11-5-9-14(10-6-11)26(23,24)17(18)19/h3-10,17H,2H2,1H3,(H,20,21). The molecule has 0 radical (unpaired) electrons. The molecule has 1 amide bonds. The van der Waals surface area contributed by atoms with Gasteiger partial charge in [0.2, 0.25) is 9.84 Å². The summed E-state index contributed by atoms with van der Waals surface area (Å²) in [6.07, 6.45) is 0. The second kappa shape index (κ2) is 8.05. The summed E-state index contributed by atoms with van der Waals surface area (Å²) in [6, 6.07) is 10.1. The molecule has 0 fully saturated rings. The van der Waals surface area contributed by atoms with E-state index in [9.17, 15) is 26.8 Å². The van der Waals surface area contributed by atoms with Crippen molar-refractivity contribution in [1.82, 2.24) is 0 Å². The molecule has 0 bridgehead atoms. The number of carbonyl (C=O) groups excluding carboxylic acids is 2. The van der Waals surface area contributed by atoms with Crippen LogP contribution in [-0.2, 0) is 14.6 Å². The van der Waals surface area contributed by atoms with Gasteiger partial charge in [0.25, 0.3) is 5.91 Å². The van der Waals surface area contributed by atoms with Crippen LogP contribution < -0.4 is 5.32 Å². The topological polar surface area (TPSA) is 89.5 Å². The van der Waals surface area contributed by atoms with E-state index in [1.807, 2.05) is 0 Å². The summed E-state index contributed by atoms with van der Waals surface area (Å²) in [5.41, 5.74) is 0.812. The molecular formula is C17H15F2NO5S. The van der Waals surface area contributed by atoms with Gasteiger partial charge in [-0.05, 0) is 55.5 Å². The van der Waals surface area contributed by atoms with Gasteiger partial charge in [0.15, 0.2) is 0 Å². The summed E-state index contributed by atoms with van der Waals surface area (Å²) in [5, 5.41) is 2.55. The van der Waals surface area contributed by atoms with E-state index in [4.69, 9.17) is 4.74 Å². The van der Waals surface area contributed by atoms with Gasteiger partial charge >= 0.3 is 11.7 Å². The lowest BCUT2D eigenvalue weighted by Crippen LogP contribution is -2.14. The number of hydrogen-bond acceptors (Lipinski definition) is 5. The number of amides is 1. The molecule has 26 heavy (non-hydrogen) atoms. The normalized spacial score (nSPS) is 11.2. The van der Waals surface area contributed by atoms with Gasteiger partial charge in [-0.1, -0.05) is 0 Å². The van der Waals surface area contributed by atoms with Gasteiger partial charge in [-0.3, -0.25) is 4.79 Å². The quantitative estimate of drug-likeness (QED) is 0.774. The van der Waals surface area contributed by atoms with Crippen molar-refractivity contribution in [2.75, 3.05) is 11.9 Å². The van der Waals surface area contributed by atoms with Crippen LogP contribution in [0.25, 0.3) is 0 Å². The highest BCUT2D eigenvalue weighted by atomic mass is 32.2. The minimum Gasteiger partial charge on any atom is -0.462 e. The van der Waals surface area contributed by atoms with Gasteiger partial charge < -0.3 is 10.1 Å². The molecule has 1 N–H and O–H groups in total. The number of benzene rings is 2. The molecule has 2 rings (SSSR count). The van der Waals surface area contributed by atoms with Crippen molar-refractivity contribution in [3.63, 3.8) is 0 Å². The Morgan fingerprint density at radius 1 is 1.00 bits per heavy atom. The Hall–Kier alpha value is -2.81. The summed E-state index contributed by atoms with van der Waals surface area (Å²) in [5.74, 6) is -4.57. The summed E-state index contributed by atoms with van der Waals surface area (Å²) < 4.78 is 52.5. The fraction of sp³-hybridized carbons (Fsp3) is 0.176. The van der Waals surface area contributed by atoms with Crippen LogP contribution in [-0.4, -0.2) is 32.7 Å². The average molecular weight is 383 g/mol. The summed E-state index contributed by atoms with van der Waals surface area (Å²) >= 11 is 0. The monoisotopic (exact) mass is 383 g/mol. The van der Waals surface area contributed by atoms with Crippen molar-refractivity contribution in [2.24, 2.45) is 0 Å². The third kappa shape index (κ3) is 4.42. The minimum absolute atomic E-state index is 0.0904. The summed E-state index contributed by atoms with van der Waals surface area (Å²) in [6.45, 7) is 1.93. The van der Waals surface area contributed by atoms with Crippen molar-refractivity contribution in [2.45, 2.75) is 17.6 Å². The third-order valence-corrected chi connectivity index (χ3v) is 4.73. The largest absolute Gasteiger partial charge is 0.462 e. The van der Waals surface area contributed by atoms with Crippen LogP contribution in [0.3, 0.4) is 0 Å². The number of esters is 1. The van der Waals surface area contributed by atoms with Crippen molar-refractivity contribution >= 4 is 27.4 Å². The lowest BCUT2D eigenvalue weighted by Gasteiger charge is -2.08. The van der Waals surface area contributed by atoms with Gasteiger partial charge in [0.05, 0.1) is 17.1 Å². The van der Waals surface area contributed by atoms with Gasteiger partial charge in [0, 0.05) is 11.3 Å². The Morgan fingerprint density at radius 3 is 2.04 bits per heavy atom. The highest BCUT2D eigenvalue weighted by Gasteiger charge is 2.26. The maximum atomic E-state index is 12.5. The summed E-state index contributed by atoms with van der Waals surface area (Å²) in [4.78, 5) is 23.1. The first kappa shape index (κ1) is 19.5. The Balaban J connectivity index is 2.09. The number of hydrogen-bond donors (Lipinski definition) is 1. The molecule has 0 aliphatic rings. The highest BCUT2D eigenvalue weighted by Crippen LogP contribution is 2.19. The fourth-order valence-corrected chi connectivity index (χ4v) is 2.73. The molecule has 0 aromatic heterocycles. The molecule has 0 aliphatic heterocycles. The molecular weight excluding hydrogens is 368 g/mol. The van der Waals surface area contributed by atoms with Crippen molar-refractivity contribution in [1.29, 1.82) is 0 Å². The number of nitrogens with one attached hydrogen (secondary N) is 1. The van der Waals surface area contributed by atoms with E-state index in [1.54, 1.807) is 6.92 Å². The maximum Gasteiger partial charge on any atom is 0.341 e. The summed E-state index contributed by atoms with van der Waals surface area (Å²) in [7, 11) is -4.70. The van der Waals surface area contributed by atoms with Crippen molar-refractivity contribution in [3.8, 4) is 0 Å². The van der Waals surface area contributed by atoms with Gasteiger partial charge in [-0.15, -0.1) is 0 Å². The molecule has 0 spiro atoms. The second-order valence-corrected chi connectivity index (χ2v) is 7.00. The maximum absolute atomic E-state index is 12.5. The number of sulfone groups is 1. The van der Waals surface area contributed by atoms with E-state index >= 15 is 0 Å². The Kier molecular flexibility index (Phi) is 6.04. The van der Waals surface area contributed by atoms with Crippen LogP contribution in [0.2, 0.25) is 0 Å². The number of carbonyl (C=O) groups is 2. The first-order valence-electron chi connectivity index (χ1n) is 7.46. The van der Waals surface area contributed by atoms with Gasteiger partial charge in [-0.2, -0.15) is 8.78 Å². The van der Waals surface area contributed by atoms with E-state index in [2.05, 4.69) is 5.32 Å². The predicted octanol–water partition coefficient (Wildman–Crippen LogP) is 3.11. The van der Waals surface area contributed by atoms with E-state index in [0.717, 1.165) is 24.3 Å². The van der Waals surface area contributed by atoms with Crippen molar-refractivity contribution < 1.29 is 31.5 Å². The molecule has 9 heteroatoms. The van der Waals surface area contributed by atoms with Crippen LogP contribution in [0.5, 0.6) is 0 Å². The number of alkyl halides is 2. The van der Waals surface area contributed by atoms with Crippen molar-refractivity contribution in [3.05, 3.63) is 59.7 Å². The van der Waals surface area contributed by atoms with Gasteiger partial charge in [0.1, 0.15) is 0 Å². The molecule has 0 atom stereocenters. The van der Waals surface area contributed by atoms with Crippen LogP contribution in [0.15, 0.2) is 53.4 Å². The average Bonchev–Trinajstić information content (AvgIpc) is 2.62. The molecule has 0 saturated heterocycles. The van der Waals surface area contributed by atoms with E-state index in [-0.39, 0.29) is 12.2 Å². The second-order valence-electron chi connectivity index (χ2n) is 5.08. The molecule has 138 valence electrons. The van der Waals surface area contributed by atoms with E-state index in [1.165, 1.54) is 24.3 Å². The molecule has 2 aromatic rings. The van der Waals surface area contributed by atoms with Crippen LogP contribution >= 0.6 is 0 Å². The Bertz CT molecular complexity index is 894. The van der Waals surface area contributed by atoms with Crippen LogP contribution in [0.1, 0.15) is 27.6 Å². The molecule has 0 heterocycles. The van der Waals surface area contributed by atoms with Gasteiger partial charge in [-0.25, -0.2) is 13.2 Å². The molecule has 6 nitrogen and oxygen atoms in total. The predicted molar refractivity (Wildman–Crippen MR) is 90.0 cm³/mol. The number of rotatable bonds is 6. The molecule has 0 saturated carbocycles. The lowest BCUT2D eigenvalue weighted by atomic mass is 10.2. The fourth-order valence-electron chi connectivity index (χ4n) is 2.01. The zero-order valence-electron chi connectivity index (χ0n) is 13.6. The Labute approximate surface area is 148 Å². The molecule has 2 aromatic carbocycles. The number of anilines is 1.